The molecule has 1 atom stereocenters. The average Bonchev–Trinajstić information content (AvgIpc) is 3.18. The molecule has 2 N–H and O–H groups in total. The molecule has 3 aromatic carbocycles. The molecule has 0 bridgehead atoms. The molecule has 1 heterocycles. The van der Waals surface area contributed by atoms with Gasteiger partial charge in [-0.3, -0.25) is 14.5 Å². The van der Waals surface area contributed by atoms with Gasteiger partial charge in [-0.15, -0.1) is 0 Å². The Kier molecular flexibility index (Phi) is 8.05. The van der Waals surface area contributed by atoms with E-state index in [4.69, 9.17) is 9.47 Å². The second kappa shape index (κ2) is 11.4. The minimum Gasteiger partial charge on any atom is -0.507 e. The van der Waals surface area contributed by atoms with Crippen molar-refractivity contribution in [2.75, 3.05) is 18.1 Å². The van der Waals surface area contributed by atoms with Crippen LogP contribution in [0.25, 0.3) is 5.76 Å². The average molecular weight is 516 g/mol. The van der Waals surface area contributed by atoms with Gasteiger partial charge in [-0.05, 0) is 78.9 Å². The SMILES string of the molecule is CCCOc1ccc(/C(O)=C2/C(=O)C(=O)N(c3ccc(C(C)C)cc3)C2c2ccc(O)c(OCC)c2)cc1. The molecule has 1 saturated heterocycles. The van der Waals surface area contributed by atoms with Crippen molar-refractivity contribution in [3.05, 3.63) is 89.0 Å². The van der Waals surface area contributed by atoms with Crippen LogP contribution in [0.4, 0.5) is 5.69 Å². The summed E-state index contributed by atoms with van der Waals surface area (Å²) in [6.45, 7) is 8.84. The summed E-state index contributed by atoms with van der Waals surface area (Å²) in [6, 6.07) is 17.9. The molecule has 0 spiro atoms. The van der Waals surface area contributed by atoms with Crippen LogP contribution in [0.1, 0.15) is 62.8 Å². The standard InChI is InChI=1S/C31H33NO6/c1-5-17-38-24-14-9-21(10-15-24)29(34)27-28(22-11-16-25(33)26(18-22)37-6-2)32(31(36)30(27)35)23-12-7-20(8-13-23)19(3)4/h7-16,18-19,28,33-34H,5-6,17H2,1-4H3/b29-27-. The third-order valence-electron chi connectivity index (χ3n) is 6.48. The Morgan fingerprint density at radius 2 is 1.63 bits per heavy atom. The van der Waals surface area contributed by atoms with Crippen molar-refractivity contribution in [3.8, 4) is 17.2 Å². The molecule has 1 aliphatic rings. The van der Waals surface area contributed by atoms with Crippen molar-refractivity contribution in [3.63, 3.8) is 0 Å². The molecule has 4 rings (SSSR count). The molecule has 0 aliphatic carbocycles. The van der Waals surface area contributed by atoms with Crippen LogP contribution >= 0.6 is 0 Å². The molecule has 1 unspecified atom stereocenters. The summed E-state index contributed by atoms with van der Waals surface area (Å²) >= 11 is 0. The molecule has 0 radical (unpaired) electrons. The maximum atomic E-state index is 13.4. The van der Waals surface area contributed by atoms with Crippen LogP contribution in [0.2, 0.25) is 0 Å². The quantitative estimate of drug-likeness (QED) is 0.196. The first-order valence-corrected chi connectivity index (χ1v) is 12.9. The Labute approximate surface area is 222 Å². The largest absolute Gasteiger partial charge is 0.507 e. The van der Waals surface area contributed by atoms with Gasteiger partial charge in [0.15, 0.2) is 11.5 Å². The van der Waals surface area contributed by atoms with Gasteiger partial charge in [0.2, 0.25) is 0 Å². The third-order valence-corrected chi connectivity index (χ3v) is 6.48. The lowest BCUT2D eigenvalue weighted by Crippen LogP contribution is -2.29. The van der Waals surface area contributed by atoms with E-state index in [-0.39, 0.29) is 22.8 Å². The summed E-state index contributed by atoms with van der Waals surface area (Å²) in [4.78, 5) is 28.3. The van der Waals surface area contributed by atoms with Crippen molar-refractivity contribution in [1.29, 1.82) is 0 Å². The Morgan fingerprint density at radius 3 is 2.24 bits per heavy atom. The highest BCUT2D eigenvalue weighted by Crippen LogP contribution is 2.44. The van der Waals surface area contributed by atoms with E-state index in [0.29, 0.717) is 41.7 Å². The molecular weight excluding hydrogens is 482 g/mol. The zero-order valence-corrected chi connectivity index (χ0v) is 22.1. The van der Waals surface area contributed by atoms with Crippen molar-refractivity contribution in [1.82, 2.24) is 0 Å². The number of carbonyl (C=O) groups is 2. The van der Waals surface area contributed by atoms with E-state index >= 15 is 0 Å². The van der Waals surface area contributed by atoms with E-state index in [2.05, 4.69) is 13.8 Å². The fraction of sp³-hybridized carbons (Fsp3) is 0.290. The highest BCUT2D eigenvalue weighted by Gasteiger charge is 2.47. The summed E-state index contributed by atoms with van der Waals surface area (Å²) < 4.78 is 11.2. The monoisotopic (exact) mass is 515 g/mol. The smallest absolute Gasteiger partial charge is 0.300 e. The first-order chi connectivity index (χ1) is 18.3. The number of ketones is 1. The van der Waals surface area contributed by atoms with Crippen molar-refractivity contribution < 1.29 is 29.3 Å². The van der Waals surface area contributed by atoms with Gasteiger partial charge >= 0.3 is 0 Å². The molecule has 3 aromatic rings. The van der Waals surface area contributed by atoms with E-state index in [1.165, 1.54) is 11.0 Å². The number of hydrogen-bond donors (Lipinski definition) is 2. The molecule has 0 saturated carbocycles. The number of Topliss-reactive ketones (excluding diaryl/α,β-unsaturated/α-hetero) is 1. The van der Waals surface area contributed by atoms with Crippen LogP contribution in [0, 0.1) is 0 Å². The molecule has 38 heavy (non-hydrogen) atoms. The van der Waals surface area contributed by atoms with Gasteiger partial charge in [0.25, 0.3) is 11.7 Å². The van der Waals surface area contributed by atoms with Crippen molar-refractivity contribution in [2.24, 2.45) is 0 Å². The predicted molar refractivity (Wildman–Crippen MR) is 147 cm³/mol. The Balaban J connectivity index is 1.87. The van der Waals surface area contributed by atoms with E-state index in [9.17, 15) is 19.8 Å². The molecule has 1 fully saturated rings. The number of aromatic hydroxyl groups is 1. The maximum Gasteiger partial charge on any atom is 0.300 e. The van der Waals surface area contributed by atoms with Gasteiger partial charge in [-0.25, -0.2) is 0 Å². The molecule has 7 heteroatoms. The summed E-state index contributed by atoms with van der Waals surface area (Å²) in [5.74, 6) is -0.723. The number of anilines is 1. The van der Waals surface area contributed by atoms with Crippen LogP contribution in [0.5, 0.6) is 17.2 Å². The highest BCUT2D eigenvalue weighted by molar-refractivity contribution is 6.51. The van der Waals surface area contributed by atoms with Gasteiger partial charge in [0.1, 0.15) is 11.5 Å². The number of benzene rings is 3. The molecule has 1 aliphatic heterocycles. The van der Waals surface area contributed by atoms with Gasteiger partial charge in [0.05, 0.1) is 24.8 Å². The topological polar surface area (TPSA) is 96.3 Å². The lowest BCUT2D eigenvalue weighted by molar-refractivity contribution is -0.132. The summed E-state index contributed by atoms with van der Waals surface area (Å²) in [5, 5.41) is 21.6. The first kappa shape index (κ1) is 26.8. The second-order valence-electron chi connectivity index (χ2n) is 9.45. The summed E-state index contributed by atoms with van der Waals surface area (Å²) in [5.41, 5.74) is 2.47. The van der Waals surface area contributed by atoms with Crippen molar-refractivity contribution >= 4 is 23.1 Å². The summed E-state index contributed by atoms with van der Waals surface area (Å²) in [7, 11) is 0. The third kappa shape index (κ3) is 5.23. The number of phenolic OH excluding ortho intramolecular Hbond substituents is 1. The number of amides is 1. The van der Waals surface area contributed by atoms with Crippen LogP contribution in [-0.2, 0) is 9.59 Å². The number of hydrogen-bond acceptors (Lipinski definition) is 6. The lowest BCUT2D eigenvalue weighted by atomic mass is 9.94. The molecule has 0 aromatic heterocycles. The maximum absolute atomic E-state index is 13.4. The van der Waals surface area contributed by atoms with Crippen molar-refractivity contribution in [2.45, 2.75) is 46.1 Å². The van der Waals surface area contributed by atoms with Crippen LogP contribution < -0.4 is 14.4 Å². The molecule has 198 valence electrons. The number of aliphatic hydroxyl groups excluding tert-OH is 1. The van der Waals surface area contributed by atoms with E-state index in [0.717, 1.165) is 12.0 Å². The number of phenols is 1. The predicted octanol–water partition coefficient (Wildman–Crippen LogP) is 6.33. The Hall–Kier alpha value is -4.26. The van der Waals surface area contributed by atoms with Crippen LogP contribution in [0.3, 0.4) is 0 Å². The zero-order chi connectivity index (χ0) is 27.4. The van der Waals surface area contributed by atoms with E-state index in [1.807, 2.05) is 19.1 Å². The van der Waals surface area contributed by atoms with Gasteiger partial charge in [0, 0.05) is 11.3 Å². The molecule has 1 amide bonds. The van der Waals surface area contributed by atoms with Gasteiger partial charge < -0.3 is 19.7 Å². The first-order valence-electron chi connectivity index (χ1n) is 12.9. The minimum absolute atomic E-state index is 0.0432. The molecule has 7 nitrogen and oxygen atoms in total. The van der Waals surface area contributed by atoms with E-state index in [1.54, 1.807) is 55.5 Å². The number of nitrogens with zero attached hydrogens (tertiary/aromatic N) is 1. The Morgan fingerprint density at radius 1 is 0.947 bits per heavy atom. The normalized spacial score (nSPS) is 16.8. The number of carbonyl (C=O) groups excluding carboxylic acids is 2. The lowest BCUT2D eigenvalue weighted by Gasteiger charge is -2.26. The van der Waals surface area contributed by atoms with Crippen LogP contribution in [-0.4, -0.2) is 35.1 Å². The van der Waals surface area contributed by atoms with Gasteiger partial charge in [-0.2, -0.15) is 0 Å². The highest BCUT2D eigenvalue weighted by atomic mass is 16.5. The van der Waals surface area contributed by atoms with Gasteiger partial charge in [-0.1, -0.05) is 39.0 Å². The fourth-order valence-corrected chi connectivity index (χ4v) is 4.49. The Bertz CT molecular complexity index is 1340. The number of rotatable bonds is 9. The van der Waals surface area contributed by atoms with Crippen LogP contribution in [0.15, 0.2) is 72.3 Å². The summed E-state index contributed by atoms with van der Waals surface area (Å²) in [6.07, 6.45) is 0.861. The second-order valence-corrected chi connectivity index (χ2v) is 9.45. The molecular formula is C31H33NO6. The zero-order valence-electron chi connectivity index (χ0n) is 22.1. The fourth-order valence-electron chi connectivity index (χ4n) is 4.49. The number of ether oxygens (including phenoxy) is 2. The number of aliphatic hydroxyl groups is 1. The minimum atomic E-state index is -0.935. The van der Waals surface area contributed by atoms with E-state index < -0.39 is 17.7 Å².